The first-order valence-corrected chi connectivity index (χ1v) is 7.89. The third kappa shape index (κ3) is 3.20. The Balaban J connectivity index is 3.62. The molecule has 0 saturated heterocycles. The van der Waals surface area contributed by atoms with Gasteiger partial charge in [0.05, 0.1) is 6.61 Å². The minimum absolute atomic E-state index is 0.00762. The molecule has 8 nitrogen and oxygen atoms in total. The highest BCUT2D eigenvalue weighted by Gasteiger charge is 2.64. The van der Waals surface area contributed by atoms with Crippen LogP contribution < -0.4 is 0 Å². The molecule has 0 aliphatic carbocycles. The maximum Gasteiger partial charge on any atom is 0.370 e. The summed E-state index contributed by atoms with van der Waals surface area (Å²) in [5.74, 6) is -4.98. The molecule has 9 heteroatoms. The van der Waals surface area contributed by atoms with E-state index in [1.54, 1.807) is 6.07 Å². The fourth-order valence-electron chi connectivity index (χ4n) is 2.14. The van der Waals surface area contributed by atoms with Crippen LogP contribution in [0.2, 0.25) is 0 Å². The fourth-order valence-corrected chi connectivity index (χ4v) is 3.28. The smallest absolute Gasteiger partial charge is 0.370 e. The molecule has 1 rings (SSSR count). The molecule has 22 heavy (non-hydrogen) atoms. The van der Waals surface area contributed by atoms with Gasteiger partial charge in [-0.3, -0.25) is 9.36 Å². The van der Waals surface area contributed by atoms with Gasteiger partial charge in [0.2, 0.25) is 0 Å². The SMILES string of the molecule is CCOC(=O)C(OC)(C(C(=O)O)c1ccccc1)P(=O)(O)O. The number of methoxy groups -OCH3 is 1. The summed E-state index contributed by atoms with van der Waals surface area (Å²) in [6.45, 7) is 1.24. The first-order valence-electron chi connectivity index (χ1n) is 6.28. The van der Waals surface area contributed by atoms with Gasteiger partial charge in [0, 0.05) is 7.11 Å². The van der Waals surface area contributed by atoms with Crippen LogP contribution in [0, 0.1) is 0 Å². The average Bonchev–Trinajstić information content (AvgIpc) is 2.43. The molecule has 0 amide bonds. The van der Waals surface area contributed by atoms with Crippen LogP contribution in [0.3, 0.4) is 0 Å². The van der Waals surface area contributed by atoms with Crippen LogP contribution in [0.15, 0.2) is 30.3 Å². The standard InChI is InChI=1S/C13H17O8P/c1-3-21-12(16)13(20-2,22(17,18)19)10(11(14)15)9-7-5-4-6-8-9/h4-8,10H,3H2,1-2H3,(H,14,15)(H2,17,18,19). The van der Waals surface area contributed by atoms with Gasteiger partial charge in [-0.1, -0.05) is 30.3 Å². The lowest BCUT2D eigenvalue weighted by Gasteiger charge is -2.35. The van der Waals surface area contributed by atoms with Crippen molar-refractivity contribution in [2.75, 3.05) is 13.7 Å². The van der Waals surface area contributed by atoms with Crippen molar-refractivity contribution < 1.29 is 38.5 Å². The van der Waals surface area contributed by atoms with E-state index >= 15 is 0 Å². The second kappa shape index (κ2) is 7.02. The summed E-state index contributed by atoms with van der Waals surface area (Å²) in [6.07, 6.45) is 0. The summed E-state index contributed by atoms with van der Waals surface area (Å²) in [5.41, 5.74) is 0.00762. The number of aliphatic carboxylic acids is 1. The maximum absolute atomic E-state index is 12.2. The van der Waals surface area contributed by atoms with Crippen LogP contribution in [0.25, 0.3) is 0 Å². The van der Waals surface area contributed by atoms with E-state index in [9.17, 15) is 29.0 Å². The lowest BCUT2D eigenvalue weighted by molar-refractivity contribution is -0.168. The summed E-state index contributed by atoms with van der Waals surface area (Å²) >= 11 is 0. The minimum atomic E-state index is -5.35. The van der Waals surface area contributed by atoms with Crippen LogP contribution in [-0.2, 0) is 23.6 Å². The number of hydrogen-bond acceptors (Lipinski definition) is 5. The Morgan fingerprint density at radius 3 is 2.18 bits per heavy atom. The molecule has 0 aliphatic rings. The van der Waals surface area contributed by atoms with E-state index in [0.29, 0.717) is 0 Å². The van der Waals surface area contributed by atoms with Crippen molar-refractivity contribution in [3.8, 4) is 0 Å². The van der Waals surface area contributed by atoms with Gasteiger partial charge in [-0.05, 0) is 12.5 Å². The Hall–Kier alpha value is -1.73. The molecule has 0 aliphatic heterocycles. The Morgan fingerprint density at radius 2 is 1.82 bits per heavy atom. The van der Waals surface area contributed by atoms with E-state index in [-0.39, 0.29) is 12.2 Å². The van der Waals surface area contributed by atoms with Crippen molar-refractivity contribution in [2.24, 2.45) is 0 Å². The monoisotopic (exact) mass is 332 g/mol. The van der Waals surface area contributed by atoms with Crippen LogP contribution in [-0.4, -0.2) is 45.9 Å². The summed E-state index contributed by atoms with van der Waals surface area (Å²) in [7, 11) is -4.49. The second-order valence-corrected chi connectivity index (χ2v) is 6.10. The number of carbonyl (C=O) groups is 2. The zero-order valence-electron chi connectivity index (χ0n) is 12.0. The Labute approximate surface area is 126 Å². The van der Waals surface area contributed by atoms with Crippen molar-refractivity contribution in [1.82, 2.24) is 0 Å². The number of esters is 1. The predicted molar refractivity (Wildman–Crippen MR) is 75.2 cm³/mol. The molecule has 0 radical (unpaired) electrons. The molecule has 122 valence electrons. The molecule has 0 heterocycles. The van der Waals surface area contributed by atoms with E-state index < -0.39 is 30.8 Å². The molecule has 0 fully saturated rings. The zero-order chi connectivity index (χ0) is 17.0. The maximum atomic E-state index is 12.2. The number of carboxylic acids is 1. The van der Waals surface area contributed by atoms with Gasteiger partial charge in [0.25, 0.3) is 5.34 Å². The number of benzene rings is 1. The van der Waals surface area contributed by atoms with Crippen molar-refractivity contribution in [3.63, 3.8) is 0 Å². The number of carbonyl (C=O) groups excluding carboxylic acids is 1. The predicted octanol–water partition coefficient (Wildman–Crippen LogP) is 0.938. The third-order valence-corrected chi connectivity index (χ3v) is 4.57. The van der Waals surface area contributed by atoms with Gasteiger partial charge in [-0.15, -0.1) is 0 Å². The van der Waals surface area contributed by atoms with Gasteiger partial charge in [0.15, 0.2) is 0 Å². The van der Waals surface area contributed by atoms with Crippen molar-refractivity contribution in [2.45, 2.75) is 18.2 Å². The van der Waals surface area contributed by atoms with Gasteiger partial charge in [-0.25, -0.2) is 4.79 Å². The topological polar surface area (TPSA) is 130 Å². The second-order valence-electron chi connectivity index (χ2n) is 4.35. The van der Waals surface area contributed by atoms with Gasteiger partial charge >= 0.3 is 19.5 Å². The lowest BCUT2D eigenvalue weighted by Crippen LogP contribution is -2.50. The van der Waals surface area contributed by atoms with E-state index in [4.69, 9.17) is 4.74 Å². The van der Waals surface area contributed by atoms with Crippen molar-refractivity contribution in [3.05, 3.63) is 35.9 Å². The Morgan fingerprint density at radius 1 is 1.27 bits per heavy atom. The van der Waals surface area contributed by atoms with E-state index in [0.717, 1.165) is 7.11 Å². The van der Waals surface area contributed by atoms with Gasteiger partial charge < -0.3 is 24.4 Å². The molecule has 0 spiro atoms. The lowest BCUT2D eigenvalue weighted by atomic mass is 9.92. The summed E-state index contributed by atoms with van der Waals surface area (Å²) in [4.78, 5) is 43.0. The van der Waals surface area contributed by atoms with E-state index in [1.807, 2.05) is 0 Å². The molecular formula is C13H17O8P. The first-order chi connectivity index (χ1) is 10.2. The number of ether oxygens (including phenoxy) is 2. The van der Waals surface area contributed by atoms with Crippen LogP contribution >= 0.6 is 7.60 Å². The molecular weight excluding hydrogens is 315 g/mol. The van der Waals surface area contributed by atoms with Gasteiger partial charge in [-0.2, -0.15) is 0 Å². The molecule has 0 saturated carbocycles. The van der Waals surface area contributed by atoms with Crippen molar-refractivity contribution in [1.29, 1.82) is 0 Å². The largest absolute Gasteiger partial charge is 0.481 e. The minimum Gasteiger partial charge on any atom is -0.481 e. The molecule has 2 unspecified atom stereocenters. The summed E-state index contributed by atoms with van der Waals surface area (Å²) in [5, 5.41) is 6.48. The van der Waals surface area contributed by atoms with Crippen molar-refractivity contribution >= 4 is 19.5 Å². The fraction of sp³-hybridized carbons (Fsp3) is 0.385. The number of hydrogen-bond donors (Lipinski definition) is 3. The van der Waals surface area contributed by atoms with Crippen LogP contribution in [0.4, 0.5) is 0 Å². The first kappa shape index (κ1) is 18.3. The number of carboxylic acid groups (broad SMARTS) is 1. The summed E-state index contributed by atoms with van der Waals surface area (Å²) < 4.78 is 21.4. The third-order valence-electron chi connectivity index (χ3n) is 3.08. The normalized spacial score (nSPS) is 15.6. The quantitative estimate of drug-likeness (QED) is 0.497. The molecule has 1 aromatic carbocycles. The highest BCUT2D eigenvalue weighted by Crippen LogP contribution is 2.58. The molecule has 0 bridgehead atoms. The average molecular weight is 332 g/mol. The van der Waals surface area contributed by atoms with Crippen LogP contribution in [0.1, 0.15) is 18.4 Å². The summed E-state index contributed by atoms with van der Waals surface area (Å²) in [6, 6.07) is 7.23. The van der Waals surface area contributed by atoms with Crippen LogP contribution in [0.5, 0.6) is 0 Å². The van der Waals surface area contributed by atoms with E-state index in [2.05, 4.69) is 4.74 Å². The Kier molecular flexibility index (Phi) is 5.85. The molecule has 2 atom stereocenters. The Bertz CT molecular complexity index is 581. The molecule has 3 N–H and O–H groups in total. The van der Waals surface area contributed by atoms with E-state index in [1.165, 1.54) is 31.2 Å². The highest BCUT2D eigenvalue weighted by atomic mass is 31.2. The number of rotatable bonds is 7. The molecule has 0 aromatic heterocycles. The molecule has 1 aromatic rings. The highest BCUT2D eigenvalue weighted by molar-refractivity contribution is 7.54. The van der Waals surface area contributed by atoms with Gasteiger partial charge in [0.1, 0.15) is 5.92 Å². The zero-order valence-corrected chi connectivity index (χ0v) is 12.9.